The smallest absolute Gasteiger partial charge is 0.246 e. The van der Waals surface area contributed by atoms with E-state index in [1.54, 1.807) is 30.3 Å². The molecule has 1 aliphatic rings. The molecule has 0 spiro atoms. The monoisotopic (exact) mass is 403 g/mol. The normalized spacial score (nSPS) is 14.6. The van der Waals surface area contributed by atoms with Crippen molar-refractivity contribution in [3.63, 3.8) is 0 Å². The molecule has 0 unspecified atom stereocenters. The Hall–Kier alpha value is -3.45. The Kier molecular flexibility index (Phi) is 5.37. The maximum absolute atomic E-state index is 12.6. The number of nitrogens with zero attached hydrogens (tertiary/aromatic N) is 4. The molecule has 2 amide bonds. The molecule has 1 aromatic carbocycles. The molecule has 4 rings (SSSR count). The molecule has 7 nitrogen and oxygen atoms in total. The Bertz CT molecular complexity index is 1150. The summed E-state index contributed by atoms with van der Waals surface area (Å²) in [6.45, 7) is 1.49. The number of carbonyl (C=O) groups excluding carboxylic acids is 2. The number of likely N-dealkylation sites (N-methyl/N-ethyl adjacent to an activating group) is 2. The molecular formula is C23H25N5O2. The third-order valence-electron chi connectivity index (χ3n) is 5.26. The number of rotatable bonds is 4. The van der Waals surface area contributed by atoms with Gasteiger partial charge in [0.05, 0.1) is 6.54 Å². The summed E-state index contributed by atoms with van der Waals surface area (Å²) in [7, 11) is 5.70. The van der Waals surface area contributed by atoms with E-state index in [2.05, 4.69) is 39.1 Å². The van der Waals surface area contributed by atoms with Crippen molar-refractivity contribution >= 4 is 34.6 Å². The van der Waals surface area contributed by atoms with E-state index < -0.39 is 0 Å². The van der Waals surface area contributed by atoms with Gasteiger partial charge < -0.3 is 14.8 Å². The molecule has 0 saturated carbocycles. The molecule has 0 radical (unpaired) electrons. The van der Waals surface area contributed by atoms with Crippen LogP contribution in [0.3, 0.4) is 0 Å². The van der Waals surface area contributed by atoms with E-state index >= 15 is 0 Å². The fourth-order valence-electron chi connectivity index (χ4n) is 3.69. The molecule has 1 aliphatic heterocycles. The van der Waals surface area contributed by atoms with Crippen LogP contribution in [0.2, 0.25) is 0 Å². The number of hydrogen-bond acceptors (Lipinski definition) is 4. The van der Waals surface area contributed by atoms with Crippen LogP contribution in [0.4, 0.5) is 5.82 Å². The zero-order chi connectivity index (χ0) is 21.3. The summed E-state index contributed by atoms with van der Waals surface area (Å²) in [5, 5.41) is 3.98. The fraction of sp³-hybridized carbons (Fsp3) is 0.261. The van der Waals surface area contributed by atoms with Gasteiger partial charge in [-0.25, -0.2) is 4.98 Å². The first-order chi connectivity index (χ1) is 14.4. The van der Waals surface area contributed by atoms with E-state index in [4.69, 9.17) is 0 Å². The summed E-state index contributed by atoms with van der Waals surface area (Å²) in [5.41, 5.74) is 4.02. The zero-order valence-corrected chi connectivity index (χ0v) is 17.4. The van der Waals surface area contributed by atoms with Crippen molar-refractivity contribution in [3.8, 4) is 0 Å². The fourth-order valence-corrected chi connectivity index (χ4v) is 3.69. The minimum Gasteiger partial charge on any atom is -0.351 e. The van der Waals surface area contributed by atoms with Crippen molar-refractivity contribution in [1.29, 1.82) is 0 Å². The minimum atomic E-state index is -0.0801. The maximum Gasteiger partial charge on any atom is 0.246 e. The summed E-state index contributed by atoms with van der Waals surface area (Å²) in [6, 6.07) is 10.3. The molecule has 0 fully saturated rings. The van der Waals surface area contributed by atoms with Crippen LogP contribution in [0, 0.1) is 0 Å². The predicted octanol–water partition coefficient (Wildman–Crippen LogP) is 2.63. The predicted molar refractivity (Wildman–Crippen MR) is 118 cm³/mol. The number of pyridine rings is 1. The molecule has 154 valence electrons. The molecule has 0 saturated heterocycles. The topological polar surface area (TPSA) is 70.5 Å². The Labute approximate surface area is 175 Å². The summed E-state index contributed by atoms with van der Waals surface area (Å²) in [5.74, 6) is 0.433. The highest BCUT2D eigenvalue weighted by Crippen LogP contribution is 2.20. The Balaban J connectivity index is 1.44. The highest BCUT2D eigenvalue weighted by Gasteiger charge is 2.17. The number of benzene rings is 1. The van der Waals surface area contributed by atoms with Crippen LogP contribution in [0.1, 0.15) is 16.7 Å². The van der Waals surface area contributed by atoms with Crippen LogP contribution in [0.25, 0.3) is 17.0 Å². The van der Waals surface area contributed by atoms with Gasteiger partial charge in [0.2, 0.25) is 11.8 Å². The van der Waals surface area contributed by atoms with Gasteiger partial charge in [-0.15, -0.1) is 0 Å². The van der Waals surface area contributed by atoms with Crippen LogP contribution in [0.15, 0.2) is 48.8 Å². The van der Waals surface area contributed by atoms with Gasteiger partial charge in [0.25, 0.3) is 0 Å². The minimum absolute atomic E-state index is 0.0717. The second kappa shape index (κ2) is 8.12. The Morgan fingerprint density at radius 1 is 1.23 bits per heavy atom. The zero-order valence-electron chi connectivity index (χ0n) is 17.4. The maximum atomic E-state index is 12.6. The van der Waals surface area contributed by atoms with E-state index in [0.717, 1.165) is 16.7 Å². The summed E-state index contributed by atoms with van der Waals surface area (Å²) in [4.78, 5) is 32.3. The van der Waals surface area contributed by atoms with Crippen molar-refractivity contribution in [2.75, 3.05) is 26.0 Å². The van der Waals surface area contributed by atoms with Crippen LogP contribution in [0.5, 0.6) is 0 Å². The number of carbonyl (C=O) groups is 2. The Morgan fingerprint density at radius 2 is 2.07 bits per heavy atom. The largest absolute Gasteiger partial charge is 0.351 e. The molecule has 3 aromatic rings. The number of aryl methyl sites for hydroxylation is 1. The number of hydrogen-bond donors (Lipinski definition) is 1. The van der Waals surface area contributed by atoms with Crippen LogP contribution < -0.4 is 5.32 Å². The quantitative estimate of drug-likeness (QED) is 0.680. The lowest BCUT2D eigenvalue weighted by atomic mass is 10.1. The lowest BCUT2D eigenvalue weighted by Gasteiger charge is -2.15. The number of amides is 2. The molecule has 30 heavy (non-hydrogen) atoms. The van der Waals surface area contributed by atoms with Crippen molar-refractivity contribution in [1.82, 2.24) is 19.4 Å². The summed E-state index contributed by atoms with van der Waals surface area (Å²) in [6.07, 6.45) is 7.02. The first kappa shape index (κ1) is 19.8. The van der Waals surface area contributed by atoms with E-state index in [9.17, 15) is 9.59 Å². The van der Waals surface area contributed by atoms with Crippen molar-refractivity contribution < 1.29 is 9.59 Å². The van der Waals surface area contributed by atoms with Crippen molar-refractivity contribution in [2.24, 2.45) is 7.05 Å². The molecule has 0 bridgehead atoms. The first-order valence-electron chi connectivity index (χ1n) is 9.83. The summed E-state index contributed by atoms with van der Waals surface area (Å²) < 4.78 is 2.08. The lowest BCUT2D eigenvalue weighted by Crippen LogP contribution is -2.26. The van der Waals surface area contributed by atoms with Crippen molar-refractivity contribution in [3.05, 3.63) is 65.5 Å². The average molecular weight is 403 g/mol. The standard InChI is InChI=1S/C23H25N5O2/c1-26-14-19-10-16(12-24-23(19)25-21(29)15-26)5-7-22(30)28(3)13-17-4-6-20-18(11-17)8-9-27(20)2/h4-12H,13-15H2,1-3H3,(H,24,25,29)/b7-5+. The molecule has 3 heterocycles. The average Bonchev–Trinajstić information content (AvgIpc) is 3.00. The lowest BCUT2D eigenvalue weighted by molar-refractivity contribution is -0.125. The van der Waals surface area contributed by atoms with Gasteiger partial charge in [0, 0.05) is 56.7 Å². The van der Waals surface area contributed by atoms with Gasteiger partial charge in [-0.1, -0.05) is 6.07 Å². The van der Waals surface area contributed by atoms with E-state index in [-0.39, 0.29) is 11.8 Å². The second-order valence-corrected chi connectivity index (χ2v) is 7.84. The Morgan fingerprint density at radius 3 is 2.90 bits per heavy atom. The van der Waals surface area contributed by atoms with Gasteiger partial charge in [-0.05, 0) is 53.9 Å². The van der Waals surface area contributed by atoms with E-state index in [0.29, 0.717) is 25.5 Å². The van der Waals surface area contributed by atoms with Crippen LogP contribution in [-0.2, 0) is 29.7 Å². The van der Waals surface area contributed by atoms with Gasteiger partial charge >= 0.3 is 0 Å². The molecule has 1 N–H and O–H groups in total. The third-order valence-corrected chi connectivity index (χ3v) is 5.26. The third kappa shape index (κ3) is 4.26. The number of aromatic nitrogens is 2. The van der Waals surface area contributed by atoms with Gasteiger partial charge in [0.1, 0.15) is 5.82 Å². The first-order valence-corrected chi connectivity index (χ1v) is 9.83. The highest BCUT2D eigenvalue weighted by molar-refractivity contribution is 5.93. The van der Waals surface area contributed by atoms with Gasteiger partial charge in [-0.3, -0.25) is 14.5 Å². The number of anilines is 1. The number of fused-ring (bicyclic) bond motifs is 2. The van der Waals surface area contributed by atoms with Crippen LogP contribution >= 0.6 is 0 Å². The highest BCUT2D eigenvalue weighted by atomic mass is 16.2. The van der Waals surface area contributed by atoms with Crippen LogP contribution in [-0.4, -0.2) is 51.8 Å². The number of nitrogens with one attached hydrogen (secondary N) is 1. The molecule has 7 heteroatoms. The SMILES string of the molecule is CN1CC(=O)Nc2ncc(/C=C/C(=O)N(C)Cc3ccc4c(ccn4C)c3)cc2C1. The van der Waals surface area contributed by atoms with E-state index in [1.807, 2.05) is 31.3 Å². The molecule has 0 atom stereocenters. The van der Waals surface area contributed by atoms with Gasteiger partial charge in [0.15, 0.2) is 0 Å². The molecule has 2 aromatic heterocycles. The van der Waals surface area contributed by atoms with Gasteiger partial charge in [-0.2, -0.15) is 0 Å². The van der Waals surface area contributed by atoms with Crippen molar-refractivity contribution in [2.45, 2.75) is 13.1 Å². The second-order valence-electron chi connectivity index (χ2n) is 7.84. The molecular weight excluding hydrogens is 378 g/mol. The molecule has 0 aliphatic carbocycles. The van der Waals surface area contributed by atoms with E-state index in [1.165, 1.54) is 10.9 Å². The summed E-state index contributed by atoms with van der Waals surface area (Å²) >= 11 is 0.